The smallest absolute Gasteiger partial charge is 0.462 e. The summed E-state index contributed by atoms with van der Waals surface area (Å²) in [5, 5.41) is 10.6. The molecule has 0 rings (SSSR count). The second-order valence-electron chi connectivity index (χ2n) is 25.6. The van der Waals surface area contributed by atoms with E-state index in [0.29, 0.717) is 25.7 Å². The van der Waals surface area contributed by atoms with Crippen molar-refractivity contribution in [2.45, 2.75) is 393 Å². The molecule has 0 aliphatic heterocycles. The van der Waals surface area contributed by atoms with E-state index in [0.717, 1.165) is 96.3 Å². The molecule has 90 heavy (non-hydrogen) atoms. The molecule has 17 nitrogen and oxygen atoms in total. The average molecular weight is 1330 g/mol. The first-order valence-corrected chi connectivity index (χ1v) is 40.3. The Morgan fingerprint density at radius 1 is 0.267 bits per heavy atom. The van der Waals surface area contributed by atoms with Crippen molar-refractivity contribution in [3.8, 4) is 0 Å². The number of esters is 4. The fraction of sp³-hybridized carbons (Fsp3) is 0.944. The summed E-state index contributed by atoms with van der Waals surface area (Å²) in [5.74, 6) is -2.12. The minimum Gasteiger partial charge on any atom is -0.462 e. The zero-order valence-corrected chi connectivity index (χ0v) is 59.9. The second kappa shape index (κ2) is 65.7. The van der Waals surface area contributed by atoms with E-state index in [9.17, 15) is 43.2 Å². The van der Waals surface area contributed by atoms with Gasteiger partial charge in [-0.2, -0.15) is 0 Å². The molecule has 0 aliphatic carbocycles. The first-order chi connectivity index (χ1) is 43.7. The van der Waals surface area contributed by atoms with Gasteiger partial charge in [-0.15, -0.1) is 0 Å². The number of hydrogen-bond acceptors (Lipinski definition) is 15. The standard InChI is InChI=1S/C71H138O17P2/c1-5-9-13-17-21-25-28-30-31-32-33-34-35-37-39-42-46-50-54-58-71(76)88-67(62-82-69(74)56-52-48-44-41-38-36-29-26-22-18-14-10-6-2)64-86-90(79,80)84-60-65(72)59-83-89(77,78)85-63-66(61-81-68(73)55-51-47-43-24-20-16-12-8-4)87-70(75)57-53-49-45-40-27-23-19-15-11-7-3/h65-67,72H,5-64H2,1-4H3,(H,77,78)(H,79,80)/t65-,66+,67+/m0/s1. The normalized spacial score (nSPS) is 14.0. The molecule has 0 saturated heterocycles. The Bertz CT molecular complexity index is 1720. The number of carbonyl (C=O) groups is 4. The fourth-order valence-electron chi connectivity index (χ4n) is 10.9. The van der Waals surface area contributed by atoms with E-state index < -0.39 is 97.5 Å². The molecule has 3 N–H and O–H groups in total. The molecule has 0 radical (unpaired) electrons. The third kappa shape index (κ3) is 64.8. The maximum Gasteiger partial charge on any atom is 0.472 e. The highest BCUT2D eigenvalue weighted by molar-refractivity contribution is 7.47. The summed E-state index contributed by atoms with van der Waals surface area (Å²) in [6, 6.07) is 0. The molecule has 0 aliphatic rings. The van der Waals surface area contributed by atoms with E-state index >= 15 is 0 Å². The van der Waals surface area contributed by atoms with Crippen LogP contribution in [0.1, 0.15) is 374 Å². The number of aliphatic hydroxyl groups excluding tert-OH is 1. The molecular formula is C71H138O17P2. The second-order valence-corrected chi connectivity index (χ2v) is 28.5. The Balaban J connectivity index is 5.18. The van der Waals surface area contributed by atoms with Crippen LogP contribution in [0.5, 0.6) is 0 Å². The third-order valence-electron chi connectivity index (χ3n) is 16.6. The average Bonchev–Trinajstić information content (AvgIpc) is 3.69. The highest BCUT2D eigenvalue weighted by atomic mass is 31.2. The number of phosphoric ester groups is 2. The summed E-state index contributed by atoms with van der Waals surface area (Å²) in [6.45, 7) is 4.92. The minimum absolute atomic E-state index is 0.107. The van der Waals surface area contributed by atoms with Gasteiger partial charge in [0.15, 0.2) is 12.2 Å². The van der Waals surface area contributed by atoms with Crippen LogP contribution in [0.25, 0.3) is 0 Å². The number of ether oxygens (including phenoxy) is 4. The van der Waals surface area contributed by atoms with Crippen LogP contribution in [0.2, 0.25) is 0 Å². The van der Waals surface area contributed by atoms with Gasteiger partial charge in [-0.3, -0.25) is 37.3 Å². The van der Waals surface area contributed by atoms with Gasteiger partial charge in [-0.25, -0.2) is 9.13 Å². The minimum atomic E-state index is -4.95. The van der Waals surface area contributed by atoms with E-state index in [1.165, 1.54) is 199 Å². The molecule has 0 spiro atoms. The molecule has 0 saturated carbocycles. The Hall–Kier alpha value is -1.94. The van der Waals surface area contributed by atoms with E-state index in [1.54, 1.807) is 0 Å². The molecule has 0 bridgehead atoms. The first kappa shape index (κ1) is 88.1. The van der Waals surface area contributed by atoms with Gasteiger partial charge in [0, 0.05) is 25.7 Å². The van der Waals surface area contributed by atoms with Gasteiger partial charge >= 0.3 is 39.5 Å². The summed E-state index contributed by atoms with van der Waals surface area (Å²) >= 11 is 0. The van der Waals surface area contributed by atoms with Crippen LogP contribution in [0.4, 0.5) is 0 Å². The molecule has 534 valence electrons. The molecule has 0 aromatic heterocycles. The van der Waals surface area contributed by atoms with Crippen molar-refractivity contribution in [1.29, 1.82) is 0 Å². The van der Waals surface area contributed by atoms with Crippen molar-refractivity contribution in [3.05, 3.63) is 0 Å². The number of phosphoric acid groups is 2. The molecule has 2 unspecified atom stereocenters. The third-order valence-corrected chi connectivity index (χ3v) is 18.5. The van der Waals surface area contributed by atoms with Crippen LogP contribution < -0.4 is 0 Å². The van der Waals surface area contributed by atoms with Crippen LogP contribution in [0, 0.1) is 0 Å². The van der Waals surface area contributed by atoms with Gasteiger partial charge in [0.25, 0.3) is 0 Å². The summed E-state index contributed by atoms with van der Waals surface area (Å²) < 4.78 is 68.2. The van der Waals surface area contributed by atoms with E-state index in [2.05, 4.69) is 27.7 Å². The zero-order valence-electron chi connectivity index (χ0n) is 58.1. The summed E-state index contributed by atoms with van der Waals surface area (Å²) in [6.07, 6.45) is 54.1. The molecule has 0 aromatic rings. The van der Waals surface area contributed by atoms with E-state index in [-0.39, 0.29) is 25.7 Å². The predicted molar refractivity (Wildman–Crippen MR) is 363 cm³/mol. The monoisotopic (exact) mass is 1320 g/mol. The largest absolute Gasteiger partial charge is 0.472 e. The van der Waals surface area contributed by atoms with Crippen molar-refractivity contribution in [3.63, 3.8) is 0 Å². The van der Waals surface area contributed by atoms with Gasteiger partial charge in [0.2, 0.25) is 0 Å². The lowest BCUT2D eigenvalue weighted by atomic mass is 10.0. The van der Waals surface area contributed by atoms with Crippen molar-refractivity contribution in [1.82, 2.24) is 0 Å². The quantitative estimate of drug-likeness (QED) is 0.0222. The van der Waals surface area contributed by atoms with Crippen LogP contribution >= 0.6 is 15.6 Å². The molecule has 0 heterocycles. The van der Waals surface area contributed by atoms with E-state index in [1.807, 2.05) is 0 Å². The van der Waals surface area contributed by atoms with Crippen molar-refractivity contribution < 1.29 is 80.2 Å². The number of carbonyl (C=O) groups excluding carboxylic acids is 4. The number of rotatable bonds is 72. The molecule has 0 fully saturated rings. The van der Waals surface area contributed by atoms with Crippen LogP contribution in [0.3, 0.4) is 0 Å². The first-order valence-electron chi connectivity index (χ1n) is 37.3. The van der Waals surface area contributed by atoms with Gasteiger partial charge in [0.1, 0.15) is 19.3 Å². The highest BCUT2D eigenvalue weighted by Crippen LogP contribution is 2.45. The van der Waals surface area contributed by atoms with E-state index in [4.69, 9.17) is 37.0 Å². The Morgan fingerprint density at radius 3 is 0.656 bits per heavy atom. The molecule has 0 aromatic carbocycles. The van der Waals surface area contributed by atoms with Crippen molar-refractivity contribution >= 4 is 39.5 Å². The van der Waals surface area contributed by atoms with Crippen LogP contribution in [-0.4, -0.2) is 96.7 Å². The molecular weight excluding hydrogens is 1190 g/mol. The maximum atomic E-state index is 13.0. The maximum absolute atomic E-state index is 13.0. The highest BCUT2D eigenvalue weighted by Gasteiger charge is 2.30. The Morgan fingerprint density at radius 2 is 0.444 bits per heavy atom. The number of hydrogen-bond donors (Lipinski definition) is 3. The van der Waals surface area contributed by atoms with Crippen LogP contribution in [0.15, 0.2) is 0 Å². The fourth-order valence-corrected chi connectivity index (χ4v) is 12.4. The number of aliphatic hydroxyl groups is 1. The predicted octanol–water partition coefficient (Wildman–Crippen LogP) is 20.7. The molecule has 0 amide bonds. The SMILES string of the molecule is CCCCCCCCCCCCCCCCCCCCCC(=O)O[C@H](COC(=O)CCCCCCCCCCCCCCC)COP(=O)(O)OC[C@@H](O)COP(=O)(O)OC[C@@H](COC(=O)CCCCCCCCCC)OC(=O)CCCCCCCCCCCC. The van der Waals surface area contributed by atoms with Crippen molar-refractivity contribution in [2.24, 2.45) is 0 Å². The van der Waals surface area contributed by atoms with Gasteiger partial charge in [0.05, 0.1) is 26.4 Å². The lowest BCUT2D eigenvalue weighted by molar-refractivity contribution is -0.161. The Kier molecular flexibility index (Phi) is 64.3. The van der Waals surface area contributed by atoms with Crippen molar-refractivity contribution in [2.75, 3.05) is 39.6 Å². The van der Waals surface area contributed by atoms with Gasteiger partial charge in [-0.05, 0) is 25.7 Å². The lowest BCUT2D eigenvalue weighted by Gasteiger charge is -2.21. The zero-order chi connectivity index (χ0) is 66.1. The van der Waals surface area contributed by atoms with Gasteiger partial charge < -0.3 is 33.8 Å². The topological polar surface area (TPSA) is 237 Å². The summed E-state index contributed by atoms with van der Waals surface area (Å²) in [5.41, 5.74) is 0. The number of unbranched alkanes of at least 4 members (excludes halogenated alkanes) is 46. The van der Waals surface area contributed by atoms with Crippen LogP contribution in [-0.2, 0) is 65.4 Å². The lowest BCUT2D eigenvalue weighted by Crippen LogP contribution is -2.30. The summed E-state index contributed by atoms with van der Waals surface area (Å²) in [4.78, 5) is 72.4. The summed E-state index contributed by atoms with van der Waals surface area (Å²) in [7, 11) is -9.89. The molecule has 5 atom stereocenters. The van der Waals surface area contributed by atoms with Gasteiger partial charge in [-0.1, -0.05) is 323 Å². The Labute approximate surface area is 549 Å². The molecule has 19 heteroatoms.